The second-order valence-electron chi connectivity index (χ2n) is 3.75. The van der Waals surface area contributed by atoms with Crippen LogP contribution in [0.25, 0.3) is 0 Å². The third-order valence-electron chi connectivity index (χ3n) is 3.15. The third kappa shape index (κ3) is 0.916. The molecule has 0 aliphatic carbocycles. The predicted molar refractivity (Wildman–Crippen MR) is 41.1 cm³/mol. The van der Waals surface area contributed by atoms with E-state index in [2.05, 4.69) is 0 Å². The molecule has 2 rings (SSSR count). The zero-order chi connectivity index (χ0) is 7.90. The smallest absolute Gasteiger partial charge is 0.0671 e. The molecule has 2 fully saturated rings. The maximum absolute atomic E-state index is 9.18. The van der Waals surface area contributed by atoms with Gasteiger partial charge in [-0.2, -0.15) is 0 Å². The van der Waals surface area contributed by atoms with E-state index in [0.29, 0.717) is 12.6 Å². The van der Waals surface area contributed by atoms with Gasteiger partial charge in [0.15, 0.2) is 0 Å². The minimum Gasteiger partial charge on any atom is -0.396 e. The molecule has 0 aromatic heterocycles. The van der Waals surface area contributed by atoms with E-state index in [9.17, 15) is 5.11 Å². The van der Waals surface area contributed by atoms with Gasteiger partial charge in [-0.3, -0.25) is 0 Å². The molecule has 64 valence electrons. The molecule has 0 amide bonds. The molecule has 3 unspecified atom stereocenters. The lowest BCUT2D eigenvalue weighted by Gasteiger charge is -2.31. The monoisotopic (exact) mass is 157 g/mol. The number of hydrogen-bond acceptors (Lipinski definition) is 3. The molecule has 2 bridgehead atoms. The minimum atomic E-state index is -0.0943. The van der Waals surface area contributed by atoms with Gasteiger partial charge in [0, 0.05) is 12.0 Å². The van der Waals surface area contributed by atoms with Crippen LogP contribution >= 0.6 is 0 Å². The van der Waals surface area contributed by atoms with Crippen LogP contribution in [0.2, 0.25) is 0 Å². The van der Waals surface area contributed by atoms with Crippen molar-refractivity contribution in [1.82, 2.24) is 0 Å². The number of aliphatic hydroxyl groups is 1. The maximum atomic E-state index is 9.18. The van der Waals surface area contributed by atoms with Crippen LogP contribution in [0.4, 0.5) is 0 Å². The van der Waals surface area contributed by atoms with Crippen LogP contribution in [0.5, 0.6) is 0 Å². The first-order valence-corrected chi connectivity index (χ1v) is 4.27. The molecular formula is C8H15NO2. The molecule has 0 radical (unpaired) electrons. The molecule has 3 nitrogen and oxygen atoms in total. The fraction of sp³-hybridized carbons (Fsp3) is 1.00. The van der Waals surface area contributed by atoms with E-state index < -0.39 is 0 Å². The van der Waals surface area contributed by atoms with Crippen molar-refractivity contribution < 1.29 is 9.84 Å². The summed E-state index contributed by atoms with van der Waals surface area (Å²) in [5.74, 6) is 0. The van der Waals surface area contributed by atoms with Gasteiger partial charge in [0.1, 0.15) is 0 Å². The standard InChI is InChI=1S/C8H15NO2/c9-4-8(5-10)3-6-1-2-7(8)11-6/h6-7,10H,1-5,9H2. The second kappa shape index (κ2) is 2.44. The molecule has 0 aromatic rings. The Morgan fingerprint density at radius 1 is 1.55 bits per heavy atom. The van der Waals surface area contributed by atoms with Gasteiger partial charge < -0.3 is 15.6 Å². The van der Waals surface area contributed by atoms with Crippen molar-refractivity contribution in [2.75, 3.05) is 13.2 Å². The van der Waals surface area contributed by atoms with Crippen molar-refractivity contribution in [3.8, 4) is 0 Å². The van der Waals surface area contributed by atoms with Gasteiger partial charge in [0.25, 0.3) is 0 Å². The Morgan fingerprint density at radius 3 is 2.64 bits per heavy atom. The first-order chi connectivity index (χ1) is 5.30. The Bertz CT molecular complexity index is 156. The molecule has 0 saturated carbocycles. The summed E-state index contributed by atoms with van der Waals surface area (Å²) in [5, 5.41) is 9.18. The van der Waals surface area contributed by atoms with Crippen LogP contribution in [0, 0.1) is 5.41 Å². The molecule has 11 heavy (non-hydrogen) atoms. The summed E-state index contributed by atoms with van der Waals surface area (Å²) < 4.78 is 5.63. The number of hydrogen-bond donors (Lipinski definition) is 2. The van der Waals surface area contributed by atoms with E-state index in [1.54, 1.807) is 0 Å². The van der Waals surface area contributed by atoms with Gasteiger partial charge in [0.05, 0.1) is 18.8 Å². The van der Waals surface area contributed by atoms with Crippen LogP contribution in [-0.2, 0) is 4.74 Å². The average Bonchev–Trinajstić information content (AvgIpc) is 2.62. The lowest BCUT2D eigenvalue weighted by atomic mass is 9.75. The maximum Gasteiger partial charge on any atom is 0.0671 e. The van der Waals surface area contributed by atoms with E-state index in [1.165, 1.54) is 0 Å². The highest BCUT2D eigenvalue weighted by Gasteiger charge is 2.51. The van der Waals surface area contributed by atoms with Gasteiger partial charge in [-0.05, 0) is 19.3 Å². The van der Waals surface area contributed by atoms with E-state index in [-0.39, 0.29) is 18.1 Å². The van der Waals surface area contributed by atoms with Crippen molar-refractivity contribution in [1.29, 1.82) is 0 Å². The average molecular weight is 157 g/mol. The molecule has 3 atom stereocenters. The van der Waals surface area contributed by atoms with Crippen LogP contribution in [-0.4, -0.2) is 30.5 Å². The van der Waals surface area contributed by atoms with Crippen molar-refractivity contribution >= 4 is 0 Å². The number of aliphatic hydroxyl groups excluding tert-OH is 1. The Morgan fingerprint density at radius 2 is 2.36 bits per heavy atom. The molecule has 0 aromatic carbocycles. The van der Waals surface area contributed by atoms with Gasteiger partial charge in [-0.25, -0.2) is 0 Å². The Kier molecular flexibility index (Phi) is 1.67. The predicted octanol–water partition coefficient (Wildman–Crippen LogP) is -0.125. The fourth-order valence-electron chi connectivity index (χ4n) is 2.34. The molecule has 3 N–H and O–H groups in total. The van der Waals surface area contributed by atoms with Crippen LogP contribution < -0.4 is 5.73 Å². The molecule has 2 heterocycles. The largest absolute Gasteiger partial charge is 0.396 e. The van der Waals surface area contributed by atoms with Gasteiger partial charge in [-0.1, -0.05) is 0 Å². The summed E-state index contributed by atoms with van der Waals surface area (Å²) in [5.41, 5.74) is 5.53. The van der Waals surface area contributed by atoms with Crippen molar-refractivity contribution in [2.45, 2.75) is 31.5 Å². The molecule has 0 spiro atoms. The molecule has 3 heteroatoms. The summed E-state index contributed by atoms with van der Waals surface area (Å²) in [7, 11) is 0. The Labute approximate surface area is 66.5 Å². The van der Waals surface area contributed by atoms with E-state index >= 15 is 0 Å². The van der Waals surface area contributed by atoms with E-state index in [4.69, 9.17) is 10.5 Å². The quantitative estimate of drug-likeness (QED) is 0.587. The summed E-state index contributed by atoms with van der Waals surface area (Å²) in [6.07, 6.45) is 3.83. The first kappa shape index (κ1) is 7.53. The highest BCUT2D eigenvalue weighted by molar-refractivity contribution is 5.00. The minimum absolute atomic E-state index is 0.0943. The summed E-state index contributed by atoms with van der Waals surface area (Å²) in [6, 6.07) is 0. The normalized spacial score (nSPS) is 48.5. The van der Waals surface area contributed by atoms with Gasteiger partial charge in [0.2, 0.25) is 0 Å². The number of ether oxygens (including phenoxy) is 1. The zero-order valence-corrected chi connectivity index (χ0v) is 6.62. The number of fused-ring (bicyclic) bond motifs is 2. The lowest BCUT2D eigenvalue weighted by Crippen LogP contribution is -2.42. The molecule has 2 saturated heterocycles. The van der Waals surface area contributed by atoms with Crippen LogP contribution in [0.15, 0.2) is 0 Å². The molecular weight excluding hydrogens is 142 g/mol. The number of rotatable bonds is 2. The van der Waals surface area contributed by atoms with Gasteiger partial charge in [-0.15, -0.1) is 0 Å². The Hall–Kier alpha value is -0.120. The fourth-order valence-corrected chi connectivity index (χ4v) is 2.34. The van der Waals surface area contributed by atoms with Gasteiger partial charge >= 0.3 is 0 Å². The first-order valence-electron chi connectivity index (χ1n) is 4.27. The molecule has 2 aliphatic rings. The third-order valence-corrected chi connectivity index (χ3v) is 3.15. The van der Waals surface area contributed by atoms with E-state index in [1.807, 2.05) is 0 Å². The highest BCUT2D eigenvalue weighted by atomic mass is 16.5. The SMILES string of the molecule is NCC1(CO)CC2CCC1O2. The number of nitrogens with two attached hydrogens (primary N) is 1. The summed E-state index contributed by atoms with van der Waals surface area (Å²) in [6.45, 7) is 0.745. The van der Waals surface area contributed by atoms with E-state index in [0.717, 1.165) is 19.3 Å². The van der Waals surface area contributed by atoms with Crippen LogP contribution in [0.1, 0.15) is 19.3 Å². The second-order valence-corrected chi connectivity index (χ2v) is 3.75. The van der Waals surface area contributed by atoms with Crippen molar-refractivity contribution in [2.24, 2.45) is 11.1 Å². The summed E-state index contributed by atoms with van der Waals surface area (Å²) >= 11 is 0. The Balaban J connectivity index is 2.14. The summed E-state index contributed by atoms with van der Waals surface area (Å²) in [4.78, 5) is 0. The lowest BCUT2D eigenvalue weighted by molar-refractivity contribution is 0.0316. The zero-order valence-electron chi connectivity index (χ0n) is 6.62. The van der Waals surface area contributed by atoms with Crippen LogP contribution in [0.3, 0.4) is 0 Å². The highest BCUT2D eigenvalue weighted by Crippen LogP contribution is 2.46. The topological polar surface area (TPSA) is 55.5 Å². The van der Waals surface area contributed by atoms with Crippen molar-refractivity contribution in [3.05, 3.63) is 0 Å². The molecule has 2 aliphatic heterocycles. The van der Waals surface area contributed by atoms with Crippen molar-refractivity contribution in [3.63, 3.8) is 0 Å².